The number of nitrogens with zero attached hydrogens (tertiary/aromatic N) is 1. The highest BCUT2D eigenvalue weighted by Crippen LogP contribution is 2.43. The van der Waals surface area contributed by atoms with Gasteiger partial charge in [-0.2, -0.15) is 0 Å². The van der Waals surface area contributed by atoms with E-state index in [0.29, 0.717) is 5.76 Å². The van der Waals surface area contributed by atoms with Crippen molar-refractivity contribution in [2.75, 3.05) is 20.6 Å². The number of hydrogen-bond donors (Lipinski definition) is 1. The number of ether oxygens (including phenoxy) is 1. The minimum atomic E-state index is -0.740. The van der Waals surface area contributed by atoms with E-state index in [4.69, 9.17) is 4.74 Å². The van der Waals surface area contributed by atoms with Gasteiger partial charge in [0, 0.05) is 18.4 Å². The molecule has 1 saturated carbocycles. The molecule has 1 N–H and O–H groups in total. The van der Waals surface area contributed by atoms with Crippen molar-refractivity contribution < 1.29 is 14.6 Å². The maximum absolute atomic E-state index is 12.6. The van der Waals surface area contributed by atoms with E-state index < -0.39 is 5.60 Å². The first-order chi connectivity index (χ1) is 13.4. The normalized spacial score (nSPS) is 28.7. The highest BCUT2D eigenvalue weighted by Gasteiger charge is 2.44. The molecule has 28 heavy (non-hydrogen) atoms. The molecule has 2 aliphatic carbocycles. The third-order valence-electron chi connectivity index (χ3n) is 6.22. The monoisotopic (exact) mass is 383 g/mol. The molecule has 152 valence electrons. The smallest absolute Gasteiger partial charge is 0.318 e. The molecule has 0 heterocycles. The molecular weight excluding hydrogens is 350 g/mol. The average Bonchev–Trinajstić information content (AvgIpc) is 2.70. The Morgan fingerprint density at radius 2 is 2.04 bits per heavy atom. The van der Waals surface area contributed by atoms with Gasteiger partial charge in [-0.15, -0.1) is 0 Å². The van der Waals surface area contributed by atoms with Gasteiger partial charge in [-0.25, -0.2) is 0 Å². The molecule has 0 spiro atoms. The predicted octanol–water partition coefficient (Wildman–Crippen LogP) is 4.28. The average molecular weight is 384 g/mol. The number of esters is 1. The number of hydrogen-bond acceptors (Lipinski definition) is 4. The SMILES string of the molecule is C[C@H](C(=O)OC1=CC([C@@]2(O)CCCC[C@@H]2CN(C)C)CC=C1)c1ccccc1. The molecule has 4 nitrogen and oxygen atoms in total. The summed E-state index contributed by atoms with van der Waals surface area (Å²) in [6.07, 6.45) is 10.7. The Balaban J connectivity index is 1.72. The maximum Gasteiger partial charge on any atom is 0.318 e. The molecule has 1 aromatic rings. The quantitative estimate of drug-likeness (QED) is 0.745. The summed E-state index contributed by atoms with van der Waals surface area (Å²) >= 11 is 0. The number of carbonyl (C=O) groups is 1. The second kappa shape index (κ2) is 9.06. The molecule has 1 fully saturated rings. The highest BCUT2D eigenvalue weighted by atomic mass is 16.5. The van der Waals surface area contributed by atoms with Crippen molar-refractivity contribution in [2.24, 2.45) is 11.8 Å². The van der Waals surface area contributed by atoms with Gasteiger partial charge in [-0.05, 0) is 58.0 Å². The van der Waals surface area contributed by atoms with Crippen molar-refractivity contribution in [3.8, 4) is 0 Å². The molecular formula is C24H33NO3. The fraction of sp³-hybridized carbons (Fsp3) is 0.542. The second-order valence-corrected chi connectivity index (χ2v) is 8.56. The van der Waals surface area contributed by atoms with Crippen molar-refractivity contribution in [3.05, 3.63) is 59.9 Å². The zero-order valence-corrected chi connectivity index (χ0v) is 17.3. The van der Waals surface area contributed by atoms with Crippen molar-refractivity contribution in [2.45, 2.75) is 50.5 Å². The molecule has 4 atom stereocenters. The van der Waals surface area contributed by atoms with Gasteiger partial charge < -0.3 is 14.7 Å². The lowest BCUT2D eigenvalue weighted by Crippen LogP contribution is -2.50. The van der Waals surface area contributed by atoms with Crippen molar-refractivity contribution >= 4 is 5.97 Å². The Hall–Kier alpha value is -1.91. The number of rotatable bonds is 6. The van der Waals surface area contributed by atoms with E-state index in [9.17, 15) is 9.90 Å². The molecule has 3 rings (SSSR count). The number of allylic oxidation sites excluding steroid dienone is 2. The van der Waals surface area contributed by atoms with Crippen LogP contribution in [0.3, 0.4) is 0 Å². The third-order valence-corrected chi connectivity index (χ3v) is 6.22. The van der Waals surface area contributed by atoms with Gasteiger partial charge in [-0.3, -0.25) is 4.79 Å². The van der Waals surface area contributed by atoms with Gasteiger partial charge in [0.15, 0.2) is 0 Å². The first-order valence-electron chi connectivity index (χ1n) is 10.4. The Bertz CT molecular complexity index is 725. The summed E-state index contributed by atoms with van der Waals surface area (Å²) in [4.78, 5) is 14.8. The standard InChI is InChI=1S/C24H33NO3/c1-18(19-10-5-4-6-11-19)23(26)28-22-14-9-13-20(16-22)24(27)15-8-7-12-21(24)17-25(2)3/h4-6,9-11,14,16,18,20-21,27H,7-8,12-13,15,17H2,1-3H3/t18-,20?,21+,24-/m0/s1. The Kier molecular flexibility index (Phi) is 6.73. The first-order valence-corrected chi connectivity index (χ1v) is 10.4. The van der Waals surface area contributed by atoms with Crippen molar-refractivity contribution in [1.82, 2.24) is 4.90 Å². The molecule has 0 amide bonds. The molecule has 0 radical (unpaired) electrons. The fourth-order valence-corrected chi connectivity index (χ4v) is 4.58. The van der Waals surface area contributed by atoms with Gasteiger partial charge in [0.2, 0.25) is 0 Å². The van der Waals surface area contributed by atoms with Gasteiger partial charge in [0.1, 0.15) is 5.76 Å². The van der Waals surface area contributed by atoms with Crippen molar-refractivity contribution in [3.63, 3.8) is 0 Å². The summed E-state index contributed by atoms with van der Waals surface area (Å²) in [7, 11) is 4.12. The van der Waals surface area contributed by atoms with Crippen LogP contribution < -0.4 is 0 Å². The van der Waals surface area contributed by atoms with Crippen LogP contribution in [0, 0.1) is 11.8 Å². The Labute approximate surface area is 168 Å². The minimum Gasteiger partial charge on any atom is -0.426 e. The van der Waals surface area contributed by atoms with Gasteiger partial charge >= 0.3 is 5.97 Å². The predicted molar refractivity (Wildman–Crippen MR) is 112 cm³/mol. The molecule has 1 aromatic carbocycles. The van der Waals surface area contributed by atoms with Crippen LogP contribution in [0.5, 0.6) is 0 Å². The molecule has 0 saturated heterocycles. The van der Waals surface area contributed by atoms with E-state index in [1.54, 1.807) is 0 Å². The van der Waals surface area contributed by atoms with Crippen LogP contribution in [0.1, 0.15) is 50.5 Å². The zero-order valence-electron chi connectivity index (χ0n) is 17.3. The largest absolute Gasteiger partial charge is 0.426 e. The summed E-state index contributed by atoms with van der Waals surface area (Å²) < 4.78 is 5.70. The van der Waals surface area contributed by atoms with E-state index >= 15 is 0 Å². The lowest BCUT2D eigenvalue weighted by Gasteiger charge is -2.46. The molecule has 0 bridgehead atoms. The lowest BCUT2D eigenvalue weighted by molar-refractivity contribution is -0.140. The fourth-order valence-electron chi connectivity index (χ4n) is 4.58. The molecule has 2 aliphatic rings. The van der Waals surface area contributed by atoms with E-state index in [1.807, 2.05) is 55.5 Å². The van der Waals surface area contributed by atoms with Crippen LogP contribution in [0.15, 0.2) is 54.3 Å². The van der Waals surface area contributed by atoms with Crippen LogP contribution in [0.25, 0.3) is 0 Å². The highest BCUT2D eigenvalue weighted by molar-refractivity contribution is 5.78. The first kappa shape index (κ1) is 20.8. The molecule has 4 heteroatoms. The van der Waals surface area contributed by atoms with Crippen LogP contribution in [0.4, 0.5) is 0 Å². The van der Waals surface area contributed by atoms with Crippen LogP contribution in [-0.2, 0) is 9.53 Å². The number of benzene rings is 1. The Morgan fingerprint density at radius 1 is 1.29 bits per heavy atom. The summed E-state index contributed by atoms with van der Waals surface area (Å²) in [5, 5.41) is 11.6. The summed E-state index contributed by atoms with van der Waals surface area (Å²) in [5.41, 5.74) is 0.206. The number of carbonyl (C=O) groups excluding carboxylic acids is 1. The van der Waals surface area contributed by atoms with E-state index in [-0.39, 0.29) is 23.7 Å². The van der Waals surface area contributed by atoms with Gasteiger partial charge in [0.25, 0.3) is 0 Å². The second-order valence-electron chi connectivity index (χ2n) is 8.56. The lowest BCUT2D eigenvalue weighted by atomic mass is 9.66. The van der Waals surface area contributed by atoms with Gasteiger partial charge in [-0.1, -0.05) is 49.2 Å². The number of aliphatic hydroxyl groups is 1. The summed E-state index contributed by atoms with van der Waals surface area (Å²) in [6, 6.07) is 9.68. The summed E-state index contributed by atoms with van der Waals surface area (Å²) in [5.74, 6) is 0.201. The van der Waals surface area contributed by atoms with Crippen LogP contribution in [-0.4, -0.2) is 42.2 Å². The Morgan fingerprint density at radius 3 is 2.75 bits per heavy atom. The maximum atomic E-state index is 12.6. The molecule has 1 unspecified atom stereocenters. The topological polar surface area (TPSA) is 49.8 Å². The third kappa shape index (κ3) is 4.73. The summed E-state index contributed by atoms with van der Waals surface area (Å²) in [6.45, 7) is 2.74. The van der Waals surface area contributed by atoms with Gasteiger partial charge in [0.05, 0.1) is 11.5 Å². The molecule has 0 aliphatic heterocycles. The minimum absolute atomic E-state index is 0.0161. The molecule has 0 aromatic heterocycles. The van der Waals surface area contributed by atoms with Crippen molar-refractivity contribution in [1.29, 1.82) is 0 Å². The van der Waals surface area contributed by atoms with E-state index in [0.717, 1.165) is 37.8 Å². The zero-order chi connectivity index (χ0) is 20.1. The van der Waals surface area contributed by atoms with Crippen LogP contribution >= 0.6 is 0 Å². The van der Waals surface area contributed by atoms with E-state index in [1.165, 1.54) is 6.42 Å². The van der Waals surface area contributed by atoms with Crippen LogP contribution in [0.2, 0.25) is 0 Å². The van der Waals surface area contributed by atoms with E-state index in [2.05, 4.69) is 19.0 Å².